The van der Waals surface area contributed by atoms with E-state index in [9.17, 15) is 9.59 Å². The fourth-order valence-corrected chi connectivity index (χ4v) is 2.03. The van der Waals surface area contributed by atoms with Gasteiger partial charge in [0.05, 0.1) is 6.61 Å². The highest BCUT2D eigenvalue weighted by molar-refractivity contribution is 5.91. The van der Waals surface area contributed by atoms with Crippen LogP contribution in [0.15, 0.2) is 47.3 Å². The van der Waals surface area contributed by atoms with Crippen LogP contribution in [-0.4, -0.2) is 35.4 Å². The quantitative estimate of drug-likeness (QED) is 0.742. The Hall–Kier alpha value is -2.47. The summed E-state index contributed by atoms with van der Waals surface area (Å²) in [6.45, 7) is 1.77. The first-order valence-electron chi connectivity index (χ1n) is 7.61. The SMILES string of the molecule is Cn1nc(C(=O)NCCCOCCc2ccccc2)ccc1=O. The molecular formula is C17H21N3O3. The monoisotopic (exact) mass is 315 g/mol. The van der Waals surface area contributed by atoms with Crippen molar-refractivity contribution in [2.24, 2.45) is 7.05 Å². The first-order valence-corrected chi connectivity index (χ1v) is 7.61. The zero-order chi connectivity index (χ0) is 16.5. The van der Waals surface area contributed by atoms with E-state index < -0.39 is 0 Å². The normalized spacial score (nSPS) is 10.5. The number of nitrogens with zero attached hydrogens (tertiary/aromatic N) is 2. The maximum Gasteiger partial charge on any atom is 0.271 e. The van der Waals surface area contributed by atoms with E-state index in [2.05, 4.69) is 22.5 Å². The molecule has 1 aromatic carbocycles. The molecule has 0 fully saturated rings. The summed E-state index contributed by atoms with van der Waals surface area (Å²) in [5.41, 5.74) is 1.24. The maximum absolute atomic E-state index is 11.9. The van der Waals surface area contributed by atoms with Gasteiger partial charge in [-0.3, -0.25) is 9.59 Å². The lowest BCUT2D eigenvalue weighted by molar-refractivity contribution is 0.0935. The highest BCUT2D eigenvalue weighted by Gasteiger charge is 2.07. The van der Waals surface area contributed by atoms with E-state index in [1.54, 1.807) is 0 Å². The van der Waals surface area contributed by atoms with Gasteiger partial charge in [-0.25, -0.2) is 4.68 Å². The Kier molecular flexibility index (Phi) is 6.50. The molecule has 0 radical (unpaired) electrons. The van der Waals surface area contributed by atoms with Crippen LogP contribution in [0.3, 0.4) is 0 Å². The van der Waals surface area contributed by atoms with Crippen molar-refractivity contribution in [3.63, 3.8) is 0 Å². The summed E-state index contributed by atoms with van der Waals surface area (Å²) >= 11 is 0. The third kappa shape index (κ3) is 5.67. The number of carbonyl (C=O) groups excluding carboxylic acids is 1. The minimum absolute atomic E-state index is 0.233. The maximum atomic E-state index is 11.9. The molecule has 6 nitrogen and oxygen atoms in total. The van der Waals surface area contributed by atoms with E-state index in [0.717, 1.165) is 17.5 Å². The van der Waals surface area contributed by atoms with E-state index in [4.69, 9.17) is 4.74 Å². The van der Waals surface area contributed by atoms with Crippen molar-refractivity contribution in [3.8, 4) is 0 Å². The Morgan fingerprint density at radius 1 is 1.17 bits per heavy atom. The predicted molar refractivity (Wildman–Crippen MR) is 87.4 cm³/mol. The second kappa shape index (κ2) is 8.85. The van der Waals surface area contributed by atoms with Crippen LogP contribution >= 0.6 is 0 Å². The molecule has 1 aromatic heterocycles. The zero-order valence-electron chi connectivity index (χ0n) is 13.2. The summed E-state index contributed by atoms with van der Waals surface area (Å²) in [5, 5.41) is 6.65. The van der Waals surface area contributed by atoms with Gasteiger partial charge in [0.2, 0.25) is 0 Å². The number of benzene rings is 1. The Balaban J connectivity index is 1.59. The van der Waals surface area contributed by atoms with Crippen LogP contribution in [0, 0.1) is 0 Å². The molecule has 6 heteroatoms. The van der Waals surface area contributed by atoms with Gasteiger partial charge < -0.3 is 10.1 Å². The second-order valence-electron chi connectivity index (χ2n) is 5.14. The molecule has 1 N–H and O–H groups in total. The van der Waals surface area contributed by atoms with Gasteiger partial charge in [0.15, 0.2) is 0 Å². The van der Waals surface area contributed by atoms with E-state index in [0.29, 0.717) is 19.8 Å². The molecule has 0 saturated heterocycles. The second-order valence-corrected chi connectivity index (χ2v) is 5.14. The van der Waals surface area contributed by atoms with Crippen molar-refractivity contribution >= 4 is 5.91 Å². The highest BCUT2D eigenvalue weighted by atomic mass is 16.5. The fourth-order valence-electron chi connectivity index (χ4n) is 2.03. The molecule has 0 aliphatic carbocycles. The van der Waals surface area contributed by atoms with Crippen molar-refractivity contribution in [3.05, 3.63) is 64.1 Å². The summed E-state index contributed by atoms with van der Waals surface area (Å²) in [5.74, 6) is -0.287. The fraction of sp³-hybridized carbons (Fsp3) is 0.353. The molecule has 1 heterocycles. The number of rotatable bonds is 8. The summed E-state index contributed by atoms with van der Waals surface area (Å²) in [6.07, 6.45) is 1.61. The van der Waals surface area contributed by atoms with Crippen LogP contribution in [0.5, 0.6) is 0 Å². The zero-order valence-corrected chi connectivity index (χ0v) is 13.2. The number of aryl methyl sites for hydroxylation is 1. The number of carbonyl (C=O) groups is 1. The summed E-state index contributed by atoms with van der Waals surface area (Å²) < 4.78 is 6.69. The van der Waals surface area contributed by atoms with Crippen LogP contribution < -0.4 is 10.9 Å². The first-order chi connectivity index (χ1) is 11.2. The molecule has 0 saturated carbocycles. The Labute approximate surface area is 135 Å². The highest BCUT2D eigenvalue weighted by Crippen LogP contribution is 1.99. The van der Waals surface area contributed by atoms with Crippen LogP contribution in [0.4, 0.5) is 0 Å². The van der Waals surface area contributed by atoms with Gasteiger partial charge in [-0.2, -0.15) is 5.10 Å². The summed E-state index contributed by atoms with van der Waals surface area (Å²) in [4.78, 5) is 23.1. The van der Waals surface area contributed by atoms with Crippen molar-refractivity contribution in [2.45, 2.75) is 12.8 Å². The minimum Gasteiger partial charge on any atom is -0.381 e. The van der Waals surface area contributed by atoms with Gasteiger partial charge >= 0.3 is 0 Å². The average molecular weight is 315 g/mol. The smallest absolute Gasteiger partial charge is 0.271 e. The van der Waals surface area contributed by atoms with Crippen LogP contribution in [0.1, 0.15) is 22.5 Å². The lowest BCUT2D eigenvalue weighted by Gasteiger charge is -2.06. The largest absolute Gasteiger partial charge is 0.381 e. The van der Waals surface area contributed by atoms with Crippen LogP contribution in [0.25, 0.3) is 0 Å². The van der Waals surface area contributed by atoms with Gasteiger partial charge in [-0.15, -0.1) is 0 Å². The molecule has 0 aliphatic heterocycles. The van der Waals surface area contributed by atoms with Gasteiger partial charge in [0.1, 0.15) is 5.69 Å². The molecule has 23 heavy (non-hydrogen) atoms. The molecule has 0 unspecified atom stereocenters. The molecule has 2 aromatic rings. The van der Waals surface area contributed by atoms with E-state index in [1.807, 2.05) is 18.2 Å². The number of amides is 1. The van der Waals surface area contributed by atoms with Crippen molar-refractivity contribution < 1.29 is 9.53 Å². The molecular weight excluding hydrogens is 294 g/mol. The number of aromatic nitrogens is 2. The Morgan fingerprint density at radius 3 is 2.70 bits per heavy atom. The lowest BCUT2D eigenvalue weighted by Crippen LogP contribution is -2.29. The number of ether oxygens (including phenoxy) is 1. The molecule has 0 atom stereocenters. The number of hydrogen-bond acceptors (Lipinski definition) is 4. The third-order valence-electron chi connectivity index (χ3n) is 3.32. The molecule has 122 valence electrons. The van der Waals surface area contributed by atoms with E-state index in [1.165, 1.54) is 24.7 Å². The van der Waals surface area contributed by atoms with Gasteiger partial charge in [-0.1, -0.05) is 30.3 Å². The third-order valence-corrected chi connectivity index (χ3v) is 3.32. The predicted octanol–water partition coefficient (Wildman–Crippen LogP) is 1.16. The summed E-state index contributed by atoms with van der Waals surface area (Å²) in [7, 11) is 1.51. The number of nitrogens with one attached hydrogen (secondary N) is 1. The Morgan fingerprint density at radius 2 is 1.96 bits per heavy atom. The molecule has 0 aliphatic rings. The van der Waals surface area contributed by atoms with Crippen LogP contribution in [-0.2, 0) is 18.2 Å². The first kappa shape index (κ1) is 16.9. The van der Waals surface area contributed by atoms with Gasteiger partial charge in [-0.05, 0) is 24.5 Å². The van der Waals surface area contributed by atoms with Crippen molar-refractivity contribution in [1.82, 2.24) is 15.1 Å². The Bertz CT molecular complexity index is 683. The van der Waals surface area contributed by atoms with E-state index in [-0.39, 0.29) is 17.2 Å². The van der Waals surface area contributed by atoms with Gasteiger partial charge in [0, 0.05) is 26.3 Å². The average Bonchev–Trinajstić information content (AvgIpc) is 2.57. The molecule has 0 bridgehead atoms. The minimum atomic E-state index is -0.287. The molecule has 0 spiro atoms. The van der Waals surface area contributed by atoms with Crippen LogP contribution in [0.2, 0.25) is 0 Å². The topological polar surface area (TPSA) is 73.2 Å². The van der Waals surface area contributed by atoms with Crippen molar-refractivity contribution in [2.75, 3.05) is 19.8 Å². The van der Waals surface area contributed by atoms with Gasteiger partial charge in [0.25, 0.3) is 11.5 Å². The lowest BCUT2D eigenvalue weighted by atomic mass is 10.2. The standard InChI is InChI=1S/C17H21N3O3/c1-20-16(21)9-8-15(19-20)17(22)18-11-5-12-23-13-10-14-6-3-2-4-7-14/h2-4,6-9H,5,10-13H2,1H3,(H,18,22). The molecule has 1 amide bonds. The van der Waals surface area contributed by atoms with Crippen molar-refractivity contribution in [1.29, 1.82) is 0 Å². The number of hydrogen-bond donors (Lipinski definition) is 1. The summed E-state index contributed by atoms with van der Waals surface area (Å²) in [6, 6.07) is 12.9. The molecule has 2 rings (SSSR count). The van der Waals surface area contributed by atoms with E-state index >= 15 is 0 Å².